The Morgan fingerprint density at radius 3 is 2.84 bits per heavy atom. The Bertz CT molecular complexity index is 617. The maximum absolute atomic E-state index is 9.09. The summed E-state index contributed by atoms with van der Waals surface area (Å²) in [5, 5.41) is 9.09. The Morgan fingerprint density at radius 2 is 2.11 bits per heavy atom. The van der Waals surface area contributed by atoms with E-state index in [2.05, 4.69) is 22.9 Å². The van der Waals surface area contributed by atoms with Crippen molar-refractivity contribution in [2.75, 3.05) is 0 Å². The molecule has 3 nitrogen and oxygen atoms in total. The number of nitrogens with two attached hydrogens (primary N) is 1. The average Bonchev–Trinajstić information content (AvgIpc) is 3.19. The third kappa shape index (κ3) is 2.54. The minimum Gasteiger partial charge on any atom is -0.350 e. The second kappa shape index (κ2) is 4.91. The van der Waals surface area contributed by atoms with Crippen molar-refractivity contribution >= 4 is 0 Å². The van der Waals surface area contributed by atoms with Gasteiger partial charge in [-0.25, -0.2) is 0 Å². The lowest BCUT2D eigenvalue weighted by molar-refractivity contribution is 0.631. The molecule has 0 aliphatic heterocycles. The molecule has 1 fully saturated rings. The maximum Gasteiger partial charge on any atom is 0.0995 e. The molecule has 96 valence electrons. The van der Waals surface area contributed by atoms with Gasteiger partial charge in [-0.15, -0.1) is 0 Å². The maximum atomic E-state index is 9.09. The van der Waals surface area contributed by atoms with Crippen molar-refractivity contribution in [2.24, 2.45) is 11.7 Å². The molecule has 3 rings (SSSR count). The largest absolute Gasteiger partial charge is 0.350 e. The summed E-state index contributed by atoms with van der Waals surface area (Å²) in [5.74, 6) is 0.669. The van der Waals surface area contributed by atoms with Crippen LogP contribution in [0.5, 0.6) is 0 Å². The van der Waals surface area contributed by atoms with Crippen molar-refractivity contribution in [3.63, 3.8) is 0 Å². The predicted molar refractivity (Wildman–Crippen MR) is 74.3 cm³/mol. The number of benzene rings is 1. The first kappa shape index (κ1) is 12.0. The van der Waals surface area contributed by atoms with E-state index in [-0.39, 0.29) is 6.04 Å². The minimum absolute atomic E-state index is 0.174. The van der Waals surface area contributed by atoms with Gasteiger partial charge in [0, 0.05) is 25.0 Å². The summed E-state index contributed by atoms with van der Waals surface area (Å²) in [6, 6.07) is 12.2. The molecule has 1 aromatic heterocycles. The minimum atomic E-state index is 0.174. The molecule has 1 heterocycles. The second-order valence-corrected chi connectivity index (χ2v) is 5.25. The van der Waals surface area contributed by atoms with Gasteiger partial charge < -0.3 is 10.3 Å². The molecule has 1 saturated carbocycles. The molecule has 1 aliphatic rings. The van der Waals surface area contributed by atoms with Crippen molar-refractivity contribution in [1.82, 2.24) is 4.57 Å². The summed E-state index contributed by atoms with van der Waals surface area (Å²) in [6.45, 7) is 0.723. The zero-order valence-electron chi connectivity index (χ0n) is 10.8. The van der Waals surface area contributed by atoms with E-state index in [0.29, 0.717) is 5.92 Å². The van der Waals surface area contributed by atoms with E-state index in [1.165, 1.54) is 18.4 Å². The Kier molecular flexibility index (Phi) is 3.10. The van der Waals surface area contributed by atoms with Crippen LogP contribution in [0.3, 0.4) is 0 Å². The summed E-state index contributed by atoms with van der Waals surface area (Å²) in [4.78, 5) is 0. The van der Waals surface area contributed by atoms with Gasteiger partial charge >= 0.3 is 0 Å². The molecule has 0 bridgehead atoms. The fourth-order valence-corrected chi connectivity index (χ4v) is 2.45. The highest BCUT2D eigenvalue weighted by Gasteiger charge is 2.29. The van der Waals surface area contributed by atoms with Crippen molar-refractivity contribution < 1.29 is 0 Å². The fraction of sp³-hybridized carbons (Fsp3) is 0.312. The first-order valence-electron chi connectivity index (χ1n) is 6.67. The summed E-state index contributed by atoms with van der Waals surface area (Å²) in [6.07, 6.45) is 6.66. The summed E-state index contributed by atoms with van der Waals surface area (Å²) in [7, 11) is 0. The monoisotopic (exact) mass is 251 g/mol. The van der Waals surface area contributed by atoms with Gasteiger partial charge in [0.25, 0.3) is 0 Å². The quantitative estimate of drug-likeness (QED) is 0.908. The molecule has 1 aromatic carbocycles. The number of nitriles is 1. The highest BCUT2D eigenvalue weighted by molar-refractivity contribution is 5.37. The molecular weight excluding hydrogens is 234 g/mol. The van der Waals surface area contributed by atoms with Gasteiger partial charge in [-0.1, -0.05) is 18.2 Å². The molecule has 1 atom stereocenters. The zero-order valence-corrected chi connectivity index (χ0v) is 10.8. The van der Waals surface area contributed by atoms with E-state index in [0.717, 1.165) is 17.7 Å². The normalized spacial score (nSPS) is 16.0. The molecule has 0 spiro atoms. The lowest BCUT2D eigenvalue weighted by Gasteiger charge is -2.08. The van der Waals surface area contributed by atoms with Crippen molar-refractivity contribution in [3.8, 4) is 6.07 Å². The van der Waals surface area contributed by atoms with Gasteiger partial charge in [-0.2, -0.15) is 5.26 Å². The van der Waals surface area contributed by atoms with Crippen molar-refractivity contribution in [1.29, 1.82) is 5.26 Å². The number of nitrogens with zero attached hydrogens (tertiary/aromatic N) is 2. The molecule has 1 aliphatic carbocycles. The van der Waals surface area contributed by atoms with Crippen LogP contribution in [-0.4, -0.2) is 4.57 Å². The Balaban J connectivity index is 1.78. The lowest BCUT2D eigenvalue weighted by atomic mass is 10.1. The van der Waals surface area contributed by atoms with Gasteiger partial charge in [0.2, 0.25) is 0 Å². The third-order valence-electron chi connectivity index (χ3n) is 3.78. The van der Waals surface area contributed by atoms with Crippen LogP contribution in [0.25, 0.3) is 0 Å². The molecule has 19 heavy (non-hydrogen) atoms. The third-order valence-corrected chi connectivity index (χ3v) is 3.78. The van der Waals surface area contributed by atoms with Crippen LogP contribution in [0.1, 0.15) is 35.6 Å². The van der Waals surface area contributed by atoms with Gasteiger partial charge in [-0.05, 0) is 42.0 Å². The molecule has 2 N–H and O–H groups in total. The van der Waals surface area contributed by atoms with Crippen LogP contribution >= 0.6 is 0 Å². The van der Waals surface area contributed by atoms with Gasteiger partial charge in [0.15, 0.2) is 0 Å². The molecule has 3 heteroatoms. The SMILES string of the molecule is N#Cc1ccccc1Cn1ccc(C(N)C2CC2)c1. The molecule has 1 unspecified atom stereocenters. The summed E-state index contributed by atoms with van der Waals surface area (Å²) >= 11 is 0. The van der Waals surface area contributed by atoms with Gasteiger partial charge in [0.1, 0.15) is 0 Å². The highest BCUT2D eigenvalue weighted by atomic mass is 14.9. The molecular formula is C16H17N3. The van der Waals surface area contributed by atoms with Crippen molar-refractivity contribution in [3.05, 3.63) is 59.4 Å². The number of aromatic nitrogens is 1. The molecule has 2 aromatic rings. The van der Waals surface area contributed by atoms with Gasteiger partial charge in [-0.3, -0.25) is 0 Å². The molecule has 0 amide bonds. The average molecular weight is 251 g/mol. The van der Waals surface area contributed by atoms with E-state index < -0.39 is 0 Å². The van der Waals surface area contributed by atoms with Crippen LogP contribution in [-0.2, 0) is 6.54 Å². The standard InChI is InChI=1S/C16H17N3/c17-9-13-3-1-2-4-14(13)10-19-8-7-15(11-19)16(18)12-5-6-12/h1-4,7-8,11-12,16H,5-6,10,18H2. The predicted octanol–water partition coefficient (Wildman–Crippen LogP) is 2.82. The Labute approximate surface area is 113 Å². The number of rotatable bonds is 4. The van der Waals surface area contributed by atoms with E-state index in [1.54, 1.807) is 0 Å². The highest BCUT2D eigenvalue weighted by Crippen LogP contribution is 2.39. The fourth-order valence-electron chi connectivity index (χ4n) is 2.45. The van der Waals surface area contributed by atoms with E-state index in [4.69, 9.17) is 11.0 Å². The number of hydrogen-bond donors (Lipinski definition) is 1. The summed E-state index contributed by atoms with van der Waals surface area (Å²) in [5.41, 5.74) is 9.19. The van der Waals surface area contributed by atoms with Crippen molar-refractivity contribution in [2.45, 2.75) is 25.4 Å². The van der Waals surface area contributed by atoms with Crippen LogP contribution in [0.4, 0.5) is 0 Å². The van der Waals surface area contributed by atoms with Gasteiger partial charge in [0.05, 0.1) is 11.6 Å². The summed E-state index contributed by atoms with van der Waals surface area (Å²) < 4.78 is 2.10. The molecule has 0 radical (unpaired) electrons. The Hall–Kier alpha value is -2.05. The van der Waals surface area contributed by atoms with E-state index in [9.17, 15) is 0 Å². The van der Waals surface area contributed by atoms with Crippen LogP contribution < -0.4 is 5.73 Å². The smallest absolute Gasteiger partial charge is 0.0995 e. The van der Waals surface area contributed by atoms with E-state index in [1.807, 2.05) is 30.5 Å². The molecule has 0 saturated heterocycles. The van der Waals surface area contributed by atoms with E-state index >= 15 is 0 Å². The van der Waals surface area contributed by atoms with Crippen LogP contribution in [0.2, 0.25) is 0 Å². The van der Waals surface area contributed by atoms with Crippen LogP contribution in [0, 0.1) is 17.2 Å². The first-order valence-corrected chi connectivity index (χ1v) is 6.67. The number of hydrogen-bond acceptors (Lipinski definition) is 2. The Morgan fingerprint density at radius 1 is 1.32 bits per heavy atom. The zero-order chi connectivity index (χ0) is 13.2. The topological polar surface area (TPSA) is 54.7 Å². The lowest BCUT2D eigenvalue weighted by Crippen LogP contribution is -2.11. The van der Waals surface area contributed by atoms with Crippen LogP contribution in [0.15, 0.2) is 42.7 Å². The second-order valence-electron chi connectivity index (χ2n) is 5.25. The first-order chi connectivity index (χ1) is 9.28.